The molecule has 0 saturated carbocycles. The van der Waals surface area contributed by atoms with Crippen LogP contribution in [0.1, 0.15) is 15.9 Å². The van der Waals surface area contributed by atoms with Crippen LogP contribution in [0.4, 0.5) is 0 Å². The normalized spacial score (nSPS) is 12.7. The molecule has 1 amide bonds. The van der Waals surface area contributed by atoms with Crippen molar-refractivity contribution in [3.05, 3.63) is 64.7 Å². The van der Waals surface area contributed by atoms with Gasteiger partial charge in [0.1, 0.15) is 5.75 Å². The van der Waals surface area contributed by atoms with Crippen LogP contribution in [0.5, 0.6) is 17.2 Å². The van der Waals surface area contributed by atoms with Gasteiger partial charge >= 0.3 is 0 Å². The number of phenols is 1. The molecule has 130 valence electrons. The van der Waals surface area contributed by atoms with E-state index in [1.54, 1.807) is 24.3 Å². The standard InChI is InChI=1S/C19H13ClN2O4/c20-15-8-18-17(25-10-26-18)7-13(15)9-21-22-19(24)14-5-11-3-1-2-4-12(11)6-16(14)23/h1-9,23H,10H2,(H,22,24). The van der Waals surface area contributed by atoms with Crippen LogP contribution >= 0.6 is 11.6 Å². The first-order valence-corrected chi connectivity index (χ1v) is 8.14. The van der Waals surface area contributed by atoms with E-state index in [9.17, 15) is 9.90 Å². The van der Waals surface area contributed by atoms with Crippen LogP contribution in [-0.2, 0) is 0 Å². The number of phenolic OH excluding ortho intramolecular Hbond substituents is 1. The summed E-state index contributed by atoms with van der Waals surface area (Å²) in [7, 11) is 0. The molecule has 6 nitrogen and oxygen atoms in total. The van der Waals surface area contributed by atoms with E-state index in [1.165, 1.54) is 6.21 Å². The molecule has 3 aromatic rings. The molecule has 1 heterocycles. The molecule has 0 bridgehead atoms. The quantitative estimate of drug-likeness (QED) is 0.545. The lowest BCUT2D eigenvalue weighted by atomic mass is 10.1. The highest BCUT2D eigenvalue weighted by atomic mass is 35.5. The molecule has 7 heteroatoms. The van der Waals surface area contributed by atoms with Crippen molar-refractivity contribution >= 4 is 34.5 Å². The number of amides is 1. The molecular weight excluding hydrogens is 356 g/mol. The number of halogens is 1. The molecule has 2 N–H and O–H groups in total. The van der Waals surface area contributed by atoms with E-state index in [0.717, 1.165) is 10.8 Å². The summed E-state index contributed by atoms with van der Waals surface area (Å²) in [5.41, 5.74) is 3.09. The third-order valence-corrected chi connectivity index (χ3v) is 4.30. The molecular formula is C19H13ClN2O4. The Hall–Kier alpha value is -3.25. The first-order valence-electron chi connectivity index (χ1n) is 7.76. The number of carbonyl (C=O) groups is 1. The van der Waals surface area contributed by atoms with Crippen molar-refractivity contribution in [1.29, 1.82) is 0 Å². The van der Waals surface area contributed by atoms with Gasteiger partial charge in [0, 0.05) is 11.6 Å². The third kappa shape index (κ3) is 3.02. The number of hydrazone groups is 1. The van der Waals surface area contributed by atoms with E-state index < -0.39 is 5.91 Å². The number of benzene rings is 3. The predicted molar refractivity (Wildman–Crippen MR) is 98.2 cm³/mol. The van der Waals surface area contributed by atoms with Crippen molar-refractivity contribution in [2.45, 2.75) is 0 Å². The SMILES string of the molecule is O=C(NN=Cc1cc2c(cc1Cl)OCO2)c1cc2ccccc2cc1O. The number of hydrogen-bond acceptors (Lipinski definition) is 5. The molecule has 0 unspecified atom stereocenters. The van der Waals surface area contributed by atoms with Crippen molar-refractivity contribution in [3.63, 3.8) is 0 Å². The van der Waals surface area contributed by atoms with Crippen LogP contribution in [0.25, 0.3) is 10.8 Å². The van der Waals surface area contributed by atoms with Crippen LogP contribution in [0.15, 0.2) is 53.6 Å². The van der Waals surface area contributed by atoms with Crippen LogP contribution in [0, 0.1) is 0 Å². The van der Waals surface area contributed by atoms with Crippen molar-refractivity contribution in [3.8, 4) is 17.2 Å². The monoisotopic (exact) mass is 368 g/mol. The Morgan fingerprint density at radius 3 is 2.58 bits per heavy atom. The second-order valence-corrected chi connectivity index (χ2v) is 6.05. The molecule has 1 aliphatic rings. The molecule has 0 atom stereocenters. The van der Waals surface area contributed by atoms with Gasteiger partial charge in [0.2, 0.25) is 6.79 Å². The van der Waals surface area contributed by atoms with Gasteiger partial charge in [-0.2, -0.15) is 5.10 Å². The van der Waals surface area contributed by atoms with Gasteiger partial charge in [0.15, 0.2) is 11.5 Å². The molecule has 4 rings (SSSR count). The Labute approximate surface area is 153 Å². The smallest absolute Gasteiger partial charge is 0.275 e. The fraction of sp³-hybridized carbons (Fsp3) is 0.0526. The highest BCUT2D eigenvalue weighted by molar-refractivity contribution is 6.33. The number of rotatable bonds is 3. The highest BCUT2D eigenvalue weighted by Gasteiger charge is 2.16. The summed E-state index contributed by atoms with van der Waals surface area (Å²) in [6.45, 7) is 0.143. The fourth-order valence-corrected chi connectivity index (χ4v) is 2.87. The van der Waals surface area contributed by atoms with Gasteiger partial charge in [0.25, 0.3) is 5.91 Å². The molecule has 0 spiro atoms. The summed E-state index contributed by atoms with van der Waals surface area (Å²) >= 11 is 6.15. The number of ether oxygens (including phenoxy) is 2. The minimum atomic E-state index is -0.527. The van der Waals surface area contributed by atoms with Gasteiger partial charge in [-0.3, -0.25) is 4.79 Å². The Bertz CT molecular complexity index is 1050. The van der Waals surface area contributed by atoms with Gasteiger partial charge in [-0.15, -0.1) is 0 Å². The Kier molecular flexibility index (Phi) is 4.10. The van der Waals surface area contributed by atoms with Crippen LogP contribution < -0.4 is 14.9 Å². The summed E-state index contributed by atoms with van der Waals surface area (Å²) in [5.74, 6) is 0.491. The van der Waals surface area contributed by atoms with Crippen LogP contribution in [0.3, 0.4) is 0 Å². The third-order valence-electron chi connectivity index (χ3n) is 3.97. The van der Waals surface area contributed by atoms with E-state index in [4.69, 9.17) is 21.1 Å². The van der Waals surface area contributed by atoms with Crippen LogP contribution in [-0.4, -0.2) is 24.0 Å². The largest absolute Gasteiger partial charge is 0.507 e. The molecule has 0 saturated heterocycles. The Morgan fingerprint density at radius 2 is 1.81 bits per heavy atom. The molecule has 3 aromatic carbocycles. The maximum absolute atomic E-state index is 12.3. The lowest BCUT2D eigenvalue weighted by molar-refractivity contribution is 0.0952. The second kappa shape index (κ2) is 6.57. The topological polar surface area (TPSA) is 80.2 Å². The van der Waals surface area contributed by atoms with Crippen molar-refractivity contribution in [1.82, 2.24) is 5.43 Å². The van der Waals surface area contributed by atoms with E-state index in [0.29, 0.717) is 22.1 Å². The van der Waals surface area contributed by atoms with Crippen molar-refractivity contribution < 1.29 is 19.4 Å². The molecule has 0 radical (unpaired) electrons. The predicted octanol–water partition coefficient (Wildman–Crippen LogP) is 3.69. The zero-order valence-electron chi connectivity index (χ0n) is 13.4. The number of aromatic hydroxyl groups is 1. The number of hydrogen-bond donors (Lipinski definition) is 2. The van der Waals surface area contributed by atoms with E-state index in [1.807, 2.05) is 24.3 Å². The molecule has 26 heavy (non-hydrogen) atoms. The number of carbonyl (C=O) groups excluding carboxylic acids is 1. The lowest BCUT2D eigenvalue weighted by Crippen LogP contribution is -2.17. The summed E-state index contributed by atoms with van der Waals surface area (Å²) in [6, 6.07) is 13.9. The Balaban J connectivity index is 1.54. The molecule has 0 aliphatic carbocycles. The first-order chi connectivity index (χ1) is 12.6. The average Bonchev–Trinajstić information content (AvgIpc) is 3.08. The van der Waals surface area contributed by atoms with Crippen molar-refractivity contribution in [2.75, 3.05) is 6.79 Å². The fourth-order valence-electron chi connectivity index (χ4n) is 2.66. The number of fused-ring (bicyclic) bond motifs is 2. The van der Waals surface area contributed by atoms with E-state index >= 15 is 0 Å². The van der Waals surface area contributed by atoms with Gasteiger partial charge in [-0.05, 0) is 29.0 Å². The van der Waals surface area contributed by atoms with Gasteiger partial charge in [-0.25, -0.2) is 5.43 Å². The number of nitrogens with zero attached hydrogens (tertiary/aromatic N) is 1. The zero-order valence-corrected chi connectivity index (χ0v) is 14.2. The lowest BCUT2D eigenvalue weighted by Gasteiger charge is -2.06. The minimum Gasteiger partial charge on any atom is -0.507 e. The average molecular weight is 369 g/mol. The summed E-state index contributed by atoms with van der Waals surface area (Å²) < 4.78 is 10.5. The maximum atomic E-state index is 12.3. The molecule has 0 fully saturated rings. The summed E-state index contributed by atoms with van der Waals surface area (Å²) in [5, 5.41) is 16.1. The van der Waals surface area contributed by atoms with Gasteiger partial charge in [-0.1, -0.05) is 35.9 Å². The maximum Gasteiger partial charge on any atom is 0.275 e. The van der Waals surface area contributed by atoms with Crippen LogP contribution in [0.2, 0.25) is 5.02 Å². The molecule has 1 aliphatic heterocycles. The van der Waals surface area contributed by atoms with E-state index in [-0.39, 0.29) is 18.1 Å². The Morgan fingerprint density at radius 1 is 1.12 bits per heavy atom. The minimum absolute atomic E-state index is 0.113. The molecule has 0 aromatic heterocycles. The second-order valence-electron chi connectivity index (χ2n) is 5.64. The van der Waals surface area contributed by atoms with E-state index in [2.05, 4.69) is 10.5 Å². The number of nitrogens with one attached hydrogen (secondary N) is 1. The zero-order chi connectivity index (χ0) is 18.1. The summed E-state index contributed by atoms with van der Waals surface area (Å²) in [4.78, 5) is 12.3. The summed E-state index contributed by atoms with van der Waals surface area (Å²) in [6.07, 6.45) is 1.40. The first kappa shape index (κ1) is 16.2. The van der Waals surface area contributed by atoms with Gasteiger partial charge in [0.05, 0.1) is 16.8 Å². The van der Waals surface area contributed by atoms with Crippen molar-refractivity contribution in [2.24, 2.45) is 5.10 Å². The highest BCUT2D eigenvalue weighted by Crippen LogP contribution is 2.36. The van der Waals surface area contributed by atoms with Gasteiger partial charge < -0.3 is 14.6 Å².